The number of rotatable bonds is 4. The van der Waals surface area contributed by atoms with Crippen LogP contribution < -0.4 is 4.74 Å². The number of hydrogen-bond donors (Lipinski definition) is 1. The smallest absolute Gasteiger partial charge is 0.465 e. The fourth-order valence-corrected chi connectivity index (χ4v) is 2.78. The molecule has 3 aromatic rings. The first kappa shape index (κ1) is 17.2. The highest BCUT2D eigenvalue weighted by Crippen LogP contribution is 2.34. The molecule has 5 nitrogen and oxygen atoms in total. The zero-order chi connectivity index (χ0) is 18.5. The summed E-state index contributed by atoms with van der Waals surface area (Å²) in [5, 5.41) is 8.69. The predicted molar refractivity (Wildman–Crippen MR) is 97.3 cm³/mol. The lowest BCUT2D eigenvalue weighted by atomic mass is 9.92. The van der Waals surface area contributed by atoms with Crippen LogP contribution in [0.1, 0.15) is 10.4 Å². The van der Waals surface area contributed by atoms with E-state index in [0.29, 0.717) is 5.56 Å². The first-order valence-corrected chi connectivity index (χ1v) is 7.88. The summed E-state index contributed by atoms with van der Waals surface area (Å²) in [6.07, 6.45) is -1.36. The monoisotopic (exact) mass is 348 g/mol. The van der Waals surface area contributed by atoms with Crippen molar-refractivity contribution in [1.82, 2.24) is 0 Å². The molecule has 130 valence electrons. The number of methoxy groups -OCH3 is 1. The zero-order valence-electron chi connectivity index (χ0n) is 14.0. The Hall–Kier alpha value is -3.60. The Morgan fingerprint density at radius 3 is 1.96 bits per heavy atom. The molecule has 5 heteroatoms. The van der Waals surface area contributed by atoms with Crippen LogP contribution in [0.2, 0.25) is 0 Å². The third-order valence-electron chi connectivity index (χ3n) is 3.92. The van der Waals surface area contributed by atoms with Crippen LogP contribution in [-0.2, 0) is 4.74 Å². The molecule has 0 aromatic heterocycles. The predicted octanol–water partition coefficient (Wildman–Crippen LogP) is 4.86. The van der Waals surface area contributed by atoms with E-state index in [-0.39, 0.29) is 5.75 Å². The number of benzene rings is 3. The van der Waals surface area contributed by atoms with E-state index in [0.717, 1.165) is 22.3 Å². The number of hydrogen-bond acceptors (Lipinski definition) is 4. The first-order valence-electron chi connectivity index (χ1n) is 7.88. The van der Waals surface area contributed by atoms with Crippen molar-refractivity contribution in [3.63, 3.8) is 0 Å². The van der Waals surface area contributed by atoms with Gasteiger partial charge >= 0.3 is 12.1 Å². The second-order valence-corrected chi connectivity index (χ2v) is 5.48. The molecule has 3 aromatic carbocycles. The van der Waals surface area contributed by atoms with Gasteiger partial charge in [-0.1, -0.05) is 54.6 Å². The molecule has 0 bridgehead atoms. The maximum Gasteiger partial charge on any atom is 0.511 e. The summed E-state index contributed by atoms with van der Waals surface area (Å²) in [4.78, 5) is 22.7. The summed E-state index contributed by atoms with van der Waals surface area (Å²) in [5.74, 6) is -0.158. The lowest BCUT2D eigenvalue weighted by Crippen LogP contribution is -2.04. The van der Waals surface area contributed by atoms with E-state index in [9.17, 15) is 9.59 Å². The Morgan fingerprint density at radius 1 is 0.769 bits per heavy atom. The van der Waals surface area contributed by atoms with Crippen LogP contribution in [0.25, 0.3) is 22.3 Å². The number of esters is 1. The average Bonchev–Trinajstić information content (AvgIpc) is 2.67. The van der Waals surface area contributed by atoms with Gasteiger partial charge in [-0.3, -0.25) is 0 Å². The Kier molecular flexibility index (Phi) is 4.99. The minimum absolute atomic E-state index is 0.244. The zero-order valence-corrected chi connectivity index (χ0v) is 14.0. The molecule has 0 aliphatic carbocycles. The number of carboxylic acid groups (broad SMARTS) is 1. The summed E-state index contributed by atoms with van der Waals surface area (Å²) in [5.41, 5.74) is 3.90. The van der Waals surface area contributed by atoms with E-state index in [1.54, 1.807) is 36.4 Å². The second-order valence-electron chi connectivity index (χ2n) is 5.48. The largest absolute Gasteiger partial charge is 0.511 e. The maximum atomic E-state index is 12.1. The van der Waals surface area contributed by atoms with Gasteiger partial charge in [0.25, 0.3) is 0 Å². The molecule has 0 aliphatic rings. The van der Waals surface area contributed by atoms with Crippen molar-refractivity contribution < 1.29 is 24.2 Å². The lowest BCUT2D eigenvalue weighted by molar-refractivity contribution is 0.0601. The average molecular weight is 348 g/mol. The second kappa shape index (κ2) is 7.53. The van der Waals surface area contributed by atoms with Gasteiger partial charge in [0, 0.05) is 0 Å². The van der Waals surface area contributed by atoms with Crippen LogP contribution in [0.5, 0.6) is 5.75 Å². The van der Waals surface area contributed by atoms with E-state index >= 15 is 0 Å². The molecule has 3 rings (SSSR count). The van der Waals surface area contributed by atoms with E-state index in [1.165, 1.54) is 7.11 Å². The Balaban J connectivity index is 2.08. The summed E-state index contributed by atoms with van der Waals surface area (Å²) in [6.45, 7) is 0. The molecule has 0 amide bonds. The number of carbonyl (C=O) groups excluding carboxylic acids is 1. The van der Waals surface area contributed by atoms with Gasteiger partial charge in [0.1, 0.15) is 5.75 Å². The summed E-state index contributed by atoms with van der Waals surface area (Å²) < 4.78 is 9.53. The molecule has 0 saturated carbocycles. The quantitative estimate of drug-likeness (QED) is 0.538. The highest BCUT2D eigenvalue weighted by molar-refractivity contribution is 5.99. The van der Waals surface area contributed by atoms with Gasteiger partial charge in [-0.2, -0.15) is 0 Å². The molecule has 0 unspecified atom stereocenters. The fourth-order valence-electron chi connectivity index (χ4n) is 2.78. The molecular weight excluding hydrogens is 332 g/mol. The van der Waals surface area contributed by atoms with Crippen LogP contribution >= 0.6 is 0 Å². The van der Waals surface area contributed by atoms with Crippen molar-refractivity contribution in [2.24, 2.45) is 0 Å². The minimum atomic E-state index is -1.36. The van der Waals surface area contributed by atoms with Crippen molar-refractivity contribution in [2.75, 3.05) is 7.11 Å². The van der Waals surface area contributed by atoms with E-state index in [4.69, 9.17) is 9.84 Å². The third kappa shape index (κ3) is 3.57. The van der Waals surface area contributed by atoms with Gasteiger partial charge in [0.2, 0.25) is 0 Å². The van der Waals surface area contributed by atoms with Crippen LogP contribution in [0.15, 0.2) is 72.8 Å². The van der Waals surface area contributed by atoms with Crippen molar-refractivity contribution >= 4 is 12.1 Å². The molecule has 0 aliphatic heterocycles. The number of carbonyl (C=O) groups is 2. The molecule has 26 heavy (non-hydrogen) atoms. The normalized spacial score (nSPS) is 10.2. The minimum Gasteiger partial charge on any atom is -0.465 e. The van der Waals surface area contributed by atoms with E-state index in [2.05, 4.69) is 4.74 Å². The molecule has 0 atom stereocenters. The summed E-state index contributed by atoms with van der Waals surface area (Å²) in [7, 11) is 1.35. The molecule has 0 spiro atoms. The molecule has 0 radical (unpaired) electrons. The lowest BCUT2D eigenvalue weighted by Gasteiger charge is -2.13. The molecule has 0 heterocycles. The molecule has 0 fully saturated rings. The van der Waals surface area contributed by atoms with Crippen LogP contribution in [0.3, 0.4) is 0 Å². The summed E-state index contributed by atoms with van der Waals surface area (Å²) in [6, 6.07) is 21.6. The summed E-state index contributed by atoms with van der Waals surface area (Å²) >= 11 is 0. The van der Waals surface area contributed by atoms with Gasteiger partial charge in [-0.05, 0) is 40.5 Å². The molecule has 1 N–H and O–H groups in total. The Morgan fingerprint density at radius 2 is 1.35 bits per heavy atom. The van der Waals surface area contributed by atoms with E-state index < -0.39 is 12.1 Å². The third-order valence-corrected chi connectivity index (χ3v) is 3.92. The van der Waals surface area contributed by atoms with Crippen molar-refractivity contribution in [3.05, 3.63) is 78.4 Å². The number of ether oxygens (including phenoxy) is 2. The van der Waals surface area contributed by atoms with Gasteiger partial charge < -0.3 is 14.6 Å². The highest BCUT2D eigenvalue weighted by atomic mass is 16.7. The fraction of sp³-hybridized carbons (Fsp3) is 0.0476. The molecule has 0 saturated heterocycles. The Bertz CT molecular complexity index is 945. The SMILES string of the molecule is COC(=O)c1ccccc1-c1ccccc1-c1ccc(OC(=O)O)cc1. The standard InChI is InChI=1S/C21H16O5/c1-25-20(22)19-9-5-4-8-18(19)17-7-3-2-6-16(17)14-10-12-15(13-11-14)26-21(23)24/h2-13H,1H3,(H,23,24). The highest BCUT2D eigenvalue weighted by Gasteiger charge is 2.15. The van der Waals surface area contributed by atoms with Gasteiger partial charge in [-0.15, -0.1) is 0 Å². The Labute approximate surface area is 150 Å². The van der Waals surface area contributed by atoms with Gasteiger partial charge in [-0.25, -0.2) is 9.59 Å². The van der Waals surface area contributed by atoms with Crippen LogP contribution in [-0.4, -0.2) is 24.3 Å². The maximum absolute atomic E-state index is 12.1. The van der Waals surface area contributed by atoms with Gasteiger partial charge in [0.15, 0.2) is 0 Å². The van der Waals surface area contributed by atoms with Crippen molar-refractivity contribution in [3.8, 4) is 28.0 Å². The molecular formula is C21H16O5. The topological polar surface area (TPSA) is 72.8 Å². The van der Waals surface area contributed by atoms with E-state index in [1.807, 2.05) is 36.4 Å². The van der Waals surface area contributed by atoms with Crippen LogP contribution in [0.4, 0.5) is 4.79 Å². The van der Waals surface area contributed by atoms with Gasteiger partial charge in [0.05, 0.1) is 12.7 Å². The first-order chi connectivity index (χ1) is 12.6. The van der Waals surface area contributed by atoms with Crippen molar-refractivity contribution in [1.29, 1.82) is 0 Å². The van der Waals surface area contributed by atoms with Crippen LogP contribution in [0, 0.1) is 0 Å². The van der Waals surface area contributed by atoms with Crippen molar-refractivity contribution in [2.45, 2.75) is 0 Å².